The summed E-state index contributed by atoms with van der Waals surface area (Å²) in [5.74, 6) is -1.24. The molecule has 4 N–H and O–H groups in total. The highest BCUT2D eigenvalue weighted by Crippen LogP contribution is 2.30. The SMILES string of the molecule is N/C(=N/O)c1ccc2cc(C(=O)O)n(Cc3cc(S(=O)(=O)c4ccccc4)cc4ccccc34)c2c1. The molecule has 1 heterocycles. The number of nitrogens with two attached hydrogens (primary N) is 1. The highest BCUT2D eigenvalue weighted by molar-refractivity contribution is 7.91. The van der Waals surface area contributed by atoms with Gasteiger partial charge in [0.2, 0.25) is 9.84 Å². The first kappa shape index (κ1) is 23.1. The molecule has 0 aliphatic rings. The second kappa shape index (κ2) is 8.86. The zero-order valence-electron chi connectivity index (χ0n) is 18.9. The maximum Gasteiger partial charge on any atom is 0.352 e. The average molecular weight is 500 g/mol. The Morgan fingerprint density at radius 2 is 1.58 bits per heavy atom. The van der Waals surface area contributed by atoms with E-state index in [1.165, 1.54) is 0 Å². The Morgan fingerprint density at radius 1 is 0.861 bits per heavy atom. The number of carboxylic acids is 1. The number of rotatable bonds is 6. The molecule has 0 saturated heterocycles. The lowest BCUT2D eigenvalue weighted by molar-refractivity contribution is 0.0686. The fraction of sp³-hybridized carbons (Fsp3) is 0.0370. The van der Waals surface area contributed by atoms with Gasteiger partial charge in [0, 0.05) is 23.0 Å². The summed E-state index contributed by atoms with van der Waals surface area (Å²) in [4.78, 5) is 12.4. The number of amidine groups is 1. The summed E-state index contributed by atoms with van der Waals surface area (Å²) in [6.45, 7) is 0.0867. The molecule has 8 nitrogen and oxygen atoms in total. The molecule has 0 unspecified atom stereocenters. The summed E-state index contributed by atoms with van der Waals surface area (Å²) in [6, 6.07) is 25.3. The van der Waals surface area contributed by atoms with Crippen LogP contribution in [0.2, 0.25) is 0 Å². The number of hydrogen-bond donors (Lipinski definition) is 3. The molecule has 0 fully saturated rings. The van der Waals surface area contributed by atoms with Crippen molar-refractivity contribution in [3.63, 3.8) is 0 Å². The van der Waals surface area contributed by atoms with E-state index in [4.69, 9.17) is 10.9 Å². The van der Waals surface area contributed by atoms with Crippen LogP contribution >= 0.6 is 0 Å². The van der Waals surface area contributed by atoms with Crippen molar-refractivity contribution in [3.8, 4) is 0 Å². The number of carbonyl (C=O) groups is 1. The van der Waals surface area contributed by atoms with Gasteiger partial charge in [-0.05, 0) is 52.7 Å². The Morgan fingerprint density at radius 3 is 2.31 bits per heavy atom. The minimum absolute atomic E-state index is 0.0297. The average Bonchev–Trinajstić information content (AvgIpc) is 3.26. The van der Waals surface area contributed by atoms with Crippen molar-refractivity contribution in [2.75, 3.05) is 0 Å². The van der Waals surface area contributed by atoms with Crippen LogP contribution in [0.1, 0.15) is 21.6 Å². The van der Waals surface area contributed by atoms with Crippen LogP contribution in [-0.2, 0) is 16.4 Å². The Kier molecular flexibility index (Phi) is 5.69. The molecule has 0 amide bonds. The number of benzene rings is 4. The van der Waals surface area contributed by atoms with Crippen LogP contribution < -0.4 is 5.73 Å². The lowest BCUT2D eigenvalue weighted by Gasteiger charge is -2.14. The number of aromatic nitrogens is 1. The smallest absolute Gasteiger partial charge is 0.352 e. The van der Waals surface area contributed by atoms with Gasteiger partial charge in [0.15, 0.2) is 5.84 Å². The summed E-state index contributed by atoms with van der Waals surface area (Å²) in [5.41, 5.74) is 7.40. The van der Waals surface area contributed by atoms with Gasteiger partial charge < -0.3 is 20.6 Å². The fourth-order valence-electron chi connectivity index (χ4n) is 4.37. The van der Waals surface area contributed by atoms with Crippen molar-refractivity contribution in [1.82, 2.24) is 4.57 Å². The van der Waals surface area contributed by atoms with E-state index >= 15 is 0 Å². The molecular weight excluding hydrogens is 478 g/mol. The molecule has 0 saturated carbocycles. The molecule has 0 atom stereocenters. The first-order valence-corrected chi connectivity index (χ1v) is 12.4. The van der Waals surface area contributed by atoms with E-state index in [0.29, 0.717) is 22.0 Å². The highest BCUT2D eigenvalue weighted by Gasteiger charge is 2.21. The van der Waals surface area contributed by atoms with Gasteiger partial charge >= 0.3 is 5.97 Å². The standard InChI is InChI=1S/C27H21N3O5S/c28-26(29-33)19-11-10-18-14-25(27(31)32)30(24(18)15-19)16-20-13-22(12-17-6-4-5-9-23(17)20)36(34,35)21-7-2-1-3-8-21/h1-15,33H,16H2,(H2,28,29)(H,31,32). The van der Waals surface area contributed by atoms with Gasteiger partial charge in [-0.3, -0.25) is 0 Å². The van der Waals surface area contributed by atoms with Crippen molar-refractivity contribution in [2.24, 2.45) is 10.9 Å². The molecule has 5 rings (SSSR count). The van der Waals surface area contributed by atoms with Gasteiger partial charge in [0.05, 0.1) is 9.79 Å². The van der Waals surface area contributed by atoms with E-state index in [9.17, 15) is 18.3 Å². The second-order valence-electron chi connectivity index (χ2n) is 8.30. The van der Waals surface area contributed by atoms with Crippen molar-refractivity contribution >= 4 is 43.3 Å². The fourth-order valence-corrected chi connectivity index (χ4v) is 5.74. The van der Waals surface area contributed by atoms with E-state index in [0.717, 1.165) is 10.8 Å². The topological polar surface area (TPSA) is 135 Å². The van der Waals surface area contributed by atoms with Crippen LogP contribution in [0.3, 0.4) is 0 Å². The summed E-state index contributed by atoms with van der Waals surface area (Å²) in [5, 5.41) is 24.2. The van der Waals surface area contributed by atoms with Gasteiger partial charge in [-0.2, -0.15) is 0 Å². The molecular formula is C27H21N3O5S. The highest BCUT2D eigenvalue weighted by atomic mass is 32.2. The molecule has 0 aliphatic heterocycles. The second-order valence-corrected chi connectivity index (χ2v) is 10.2. The Hall–Kier alpha value is -4.63. The van der Waals surface area contributed by atoms with Gasteiger partial charge in [0.25, 0.3) is 0 Å². The predicted molar refractivity (Wildman–Crippen MR) is 136 cm³/mol. The molecule has 0 bridgehead atoms. The first-order valence-electron chi connectivity index (χ1n) is 11.0. The number of nitrogens with zero attached hydrogens (tertiary/aromatic N) is 2. The number of fused-ring (bicyclic) bond motifs is 2. The van der Waals surface area contributed by atoms with E-state index in [1.807, 2.05) is 24.3 Å². The van der Waals surface area contributed by atoms with Crippen LogP contribution in [0.5, 0.6) is 0 Å². The van der Waals surface area contributed by atoms with Gasteiger partial charge in [0.1, 0.15) is 5.69 Å². The largest absolute Gasteiger partial charge is 0.477 e. The van der Waals surface area contributed by atoms with Crippen molar-refractivity contribution in [3.05, 3.63) is 108 Å². The quantitative estimate of drug-likeness (QED) is 0.137. The lowest BCUT2D eigenvalue weighted by Crippen LogP contribution is -2.14. The van der Waals surface area contributed by atoms with Crippen molar-refractivity contribution in [1.29, 1.82) is 0 Å². The van der Waals surface area contributed by atoms with Gasteiger partial charge in [-0.15, -0.1) is 0 Å². The summed E-state index contributed by atoms with van der Waals surface area (Å²) >= 11 is 0. The molecule has 1 aromatic heterocycles. The molecule has 9 heteroatoms. The maximum absolute atomic E-state index is 13.4. The molecule has 0 spiro atoms. The molecule has 5 aromatic rings. The van der Waals surface area contributed by atoms with Crippen LogP contribution in [0.4, 0.5) is 0 Å². The summed E-state index contributed by atoms with van der Waals surface area (Å²) < 4.78 is 28.4. The van der Waals surface area contributed by atoms with E-state index in [2.05, 4.69) is 5.16 Å². The van der Waals surface area contributed by atoms with Crippen LogP contribution in [0, 0.1) is 0 Å². The Bertz CT molecular complexity index is 1770. The number of hydrogen-bond acceptors (Lipinski definition) is 5. The van der Waals surface area contributed by atoms with Gasteiger partial charge in [-0.25, -0.2) is 13.2 Å². The third-order valence-electron chi connectivity index (χ3n) is 6.14. The summed E-state index contributed by atoms with van der Waals surface area (Å²) in [6.07, 6.45) is 0. The van der Waals surface area contributed by atoms with Crippen LogP contribution in [0.25, 0.3) is 21.7 Å². The zero-order chi connectivity index (χ0) is 25.4. The third-order valence-corrected chi connectivity index (χ3v) is 7.89. The molecule has 36 heavy (non-hydrogen) atoms. The normalized spacial score (nSPS) is 12.3. The summed E-state index contributed by atoms with van der Waals surface area (Å²) in [7, 11) is -3.81. The number of oxime groups is 1. The molecule has 0 radical (unpaired) electrons. The lowest BCUT2D eigenvalue weighted by atomic mass is 10.0. The number of aromatic carboxylic acids is 1. The zero-order valence-corrected chi connectivity index (χ0v) is 19.7. The third kappa shape index (κ3) is 3.95. The molecule has 0 aliphatic carbocycles. The minimum atomic E-state index is -3.81. The van der Waals surface area contributed by atoms with E-state index < -0.39 is 15.8 Å². The van der Waals surface area contributed by atoms with Gasteiger partial charge in [-0.1, -0.05) is 59.8 Å². The monoisotopic (exact) mass is 499 g/mol. The predicted octanol–water partition coefficient (Wildman–Crippen LogP) is 4.47. The Labute approximate surface area is 206 Å². The first-order chi connectivity index (χ1) is 17.3. The van der Waals surface area contributed by atoms with E-state index in [-0.39, 0.29) is 27.9 Å². The Balaban J connectivity index is 1.74. The van der Waals surface area contributed by atoms with Crippen molar-refractivity contribution in [2.45, 2.75) is 16.3 Å². The maximum atomic E-state index is 13.4. The van der Waals surface area contributed by atoms with Crippen molar-refractivity contribution < 1.29 is 23.5 Å². The van der Waals surface area contributed by atoms with Crippen LogP contribution in [0.15, 0.2) is 106 Å². The van der Waals surface area contributed by atoms with E-state index in [1.54, 1.807) is 71.3 Å². The van der Waals surface area contributed by atoms with Crippen LogP contribution in [-0.4, -0.2) is 35.1 Å². The molecule has 180 valence electrons. The number of sulfone groups is 1. The minimum Gasteiger partial charge on any atom is -0.477 e. The number of carboxylic acid groups (broad SMARTS) is 1. The molecule has 4 aromatic carbocycles.